The van der Waals surface area contributed by atoms with Gasteiger partial charge in [-0.05, 0) is 44.7 Å². The number of rotatable bonds is 9. The predicted molar refractivity (Wildman–Crippen MR) is 76.4 cm³/mol. The minimum atomic E-state index is -0.109. The minimum absolute atomic E-state index is 0.109. The lowest BCUT2D eigenvalue weighted by atomic mass is 10.2. The first-order valence-corrected chi connectivity index (χ1v) is 7.07. The zero-order valence-electron chi connectivity index (χ0n) is 12.0. The smallest absolute Gasteiger partial charge is 0.305 e. The molecule has 0 amide bonds. The van der Waals surface area contributed by atoms with Gasteiger partial charge in [0.15, 0.2) is 0 Å². The molecule has 0 aromatic heterocycles. The molecule has 0 aliphatic carbocycles. The van der Waals surface area contributed by atoms with Crippen molar-refractivity contribution in [2.75, 3.05) is 13.2 Å². The average molecular weight is 264 g/mol. The number of hydrogen-bond donors (Lipinski definition) is 0. The first-order chi connectivity index (χ1) is 9.22. The molecule has 0 bridgehead atoms. The molecule has 0 aliphatic rings. The Kier molecular flexibility index (Phi) is 7.71. The molecule has 106 valence electrons. The summed E-state index contributed by atoms with van der Waals surface area (Å²) in [5, 5.41) is 0. The van der Waals surface area contributed by atoms with Gasteiger partial charge < -0.3 is 9.47 Å². The molecule has 1 aromatic carbocycles. The Morgan fingerprint density at radius 3 is 2.26 bits per heavy atom. The summed E-state index contributed by atoms with van der Waals surface area (Å²) in [6.07, 6.45) is 4.63. The Morgan fingerprint density at radius 2 is 1.63 bits per heavy atom. The number of benzene rings is 1. The van der Waals surface area contributed by atoms with Crippen molar-refractivity contribution >= 4 is 5.97 Å². The lowest BCUT2D eigenvalue weighted by Crippen LogP contribution is -2.04. The summed E-state index contributed by atoms with van der Waals surface area (Å²) in [6.45, 7) is 5.17. The molecule has 0 saturated carbocycles. The highest BCUT2D eigenvalue weighted by atomic mass is 16.5. The average Bonchev–Trinajstić information content (AvgIpc) is 2.43. The molecule has 19 heavy (non-hydrogen) atoms. The zero-order chi connectivity index (χ0) is 13.9. The molecule has 1 aromatic rings. The molecular weight excluding hydrogens is 240 g/mol. The highest BCUT2D eigenvalue weighted by Crippen LogP contribution is 2.12. The van der Waals surface area contributed by atoms with Gasteiger partial charge in [0, 0.05) is 6.42 Å². The van der Waals surface area contributed by atoms with E-state index < -0.39 is 0 Å². The molecule has 0 N–H and O–H groups in total. The predicted octanol–water partition coefficient (Wildman–Crippen LogP) is 3.89. The van der Waals surface area contributed by atoms with E-state index in [1.165, 1.54) is 5.56 Å². The fourth-order valence-electron chi connectivity index (χ4n) is 1.67. The van der Waals surface area contributed by atoms with Gasteiger partial charge in [0.25, 0.3) is 0 Å². The van der Waals surface area contributed by atoms with E-state index in [4.69, 9.17) is 9.47 Å². The topological polar surface area (TPSA) is 35.5 Å². The molecule has 1 rings (SSSR count). The summed E-state index contributed by atoms with van der Waals surface area (Å²) in [6, 6.07) is 8.11. The van der Waals surface area contributed by atoms with E-state index in [9.17, 15) is 4.79 Å². The van der Waals surface area contributed by atoms with Gasteiger partial charge in [0.05, 0.1) is 13.2 Å². The second kappa shape index (κ2) is 9.42. The van der Waals surface area contributed by atoms with Crippen LogP contribution in [-0.4, -0.2) is 19.2 Å². The second-order valence-corrected chi connectivity index (χ2v) is 4.65. The molecule has 0 aliphatic heterocycles. The van der Waals surface area contributed by atoms with Crippen LogP contribution in [-0.2, 0) is 9.53 Å². The Bertz CT molecular complexity index is 357. The van der Waals surface area contributed by atoms with Gasteiger partial charge >= 0.3 is 5.97 Å². The third kappa shape index (κ3) is 7.50. The van der Waals surface area contributed by atoms with Crippen LogP contribution < -0.4 is 4.74 Å². The Labute approximate surface area is 115 Å². The number of unbranched alkanes of at least 4 members (excludes halogenated alkanes) is 3. The summed E-state index contributed by atoms with van der Waals surface area (Å²) in [7, 11) is 0. The van der Waals surface area contributed by atoms with Gasteiger partial charge in [0.2, 0.25) is 0 Å². The number of hydrogen-bond acceptors (Lipinski definition) is 3. The summed E-state index contributed by atoms with van der Waals surface area (Å²) in [5.74, 6) is 0.824. The number of carbonyl (C=O) groups excluding carboxylic acids is 1. The number of carbonyl (C=O) groups is 1. The maximum absolute atomic E-state index is 10.9. The van der Waals surface area contributed by atoms with Crippen LogP contribution in [0.2, 0.25) is 0 Å². The lowest BCUT2D eigenvalue weighted by molar-refractivity contribution is -0.143. The molecule has 0 heterocycles. The number of ether oxygens (including phenoxy) is 2. The van der Waals surface area contributed by atoms with Gasteiger partial charge in [0.1, 0.15) is 5.75 Å². The quantitative estimate of drug-likeness (QED) is 0.501. The Balaban J connectivity index is 1.94. The zero-order valence-corrected chi connectivity index (χ0v) is 12.0. The van der Waals surface area contributed by atoms with Crippen LogP contribution in [0.4, 0.5) is 0 Å². The van der Waals surface area contributed by atoms with Crippen LogP contribution in [0.15, 0.2) is 24.3 Å². The van der Waals surface area contributed by atoms with Crippen molar-refractivity contribution in [2.45, 2.75) is 46.0 Å². The molecule has 3 nitrogen and oxygen atoms in total. The van der Waals surface area contributed by atoms with Crippen LogP contribution in [0.3, 0.4) is 0 Å². The van der Waals surface area contributed by atoms with Crippen LogP contribution in [0.25, 0.3) is 0 Å². The summed E-state index contributed by atoms with van der Waals surface area (Å²) in [5.41, 5.74) is 1.24. The first-order valence-electron chi connectivity index (χ1n) is 7.07. The van der Waals surface area contributed by atoms with Gasteiger partial charge in [-0.2, -0.15) is 0 Å². The van der Waals surface area contributed by atoms with Gasteiger partial charge in [-0.3, -0.25) is 4.79 Å². The number of aryl methyl sites for hydroxylation is 1. The van der Waals surface area contributed by atoms with Crippen LogP contribution >= 0.6 is 0 Å². The summed E-state index contributed by atoms with van der Waals surface area (Å²) in [4.78, 5) is 10.9. The molecular formula is C16H24O3. The van der Waals surface area contributed by atoms with Gasteiger partial charge in [-0.25, -0.2) is 0 Å². The molecule has 0 saturated heterocycles. The highest BCUT2D eigenvalue weighted by molar-refractivity contribution is 5.68. The van der Waals surface area contributed by atoms with Gasteiger partial charge in [-0.1, -0.05) is 24.6 Å². The highest BCUT2D eigenvalue weighted by Gasteiger charge is 1.98. The summed E-state index contributed by atoms with van der Waals surface area (Å²) < 4.78 is 10.6. The molecule has 0 fully saturated rings. The Hall–Kier alpha value is -1.51. The van der Waals surface area contributed by atoms with E-state index in [1.54, 1.807) is 0 Å². The van der Waals surface area contributed by atoms with E-state index in [0.29, 0.717) is 13.0 Å². The van der Waals surface area contributed by atoms with E-state index in [1.807, 2.05) is 19.1 Å². The van der Waals surface area contributed by atoms with Gasteiger partial charge in [-0.15, -0.1) is 0 Å². The monoisotopic (exact) mass is 264 g/mol. The first kappa shape index (κ1) is 15.5. The molecule has 0 spiro atoms. The van der Waals surface area contributed by atoms with Crippen molar-refractivity contribution in [1.29, 1.82) is 0 Å². The van der Waals surface area contributed by atoms with E-state index >= 15 is 0 Å². The maximum atomic E-state index is 10.9. The third-order valence-corrected chi connectivity index (χ3v) is 2.88. The van der Waals surface area contributed by atoms with E-state index in [-0.39, 0.29) is 5.97 Å². The largest absolute Gasteiger partial charge is 0.494 e. The maximum Gasteiger partial charge on any atom is 0.305 e. The van der Waals surface area contributed by atoms with Crippen molar-refractivity contribution in [3.63, 3.8) is 0 Å². The molecule has 3 heteroatoms. The normalized spacial score (nSPS) is 10.2. The Morgan fingerprint density at radius 1 is 1.00 bits per heavy atom. The standard InChI is InChI=1S/C16H24O3/c1-3-16(17)19-13-7-5-4-6-12-18-15-10-8-14(2)9-11-15/h8-11H,3-7,12-13H2,1-2H3. The lowest BCUT2D eigenvalue weighted by Gasteiger charge is -2.06. The minimum Gasteiger partial charge on any atom is -0.494 e. The SMILES string of the molecule is CCC(=O)OCCCCCCOc1ccc(C)cc1. The fourth-order valence-corrected chi connectivity index (χ4v) is 1.67. The third-order valence-electron chi connectivity index (χ3n) is 2.88. The molecule has 0 atom stereocenters. The van der Waals surface area contributed by atoms with E-state index in [2.05, 4.69) is 19.1 Å². The molecule has 0 unspecified atom stereocenters. The van der Waals surface area contributed by atoms with Crippen LogP contribution in [0.5, 0.6) is 5.75 Å². The number of esters is 1. The fraction of sp³-hybridized carbons (Fsp3) is 0.562. The van der Waals surface area contributed by atoms with E-state index in [0.717, 1.165) is 38.0 Å². The van der Waals surface area contributed by atoms with Crippen molar-refractivity contribution < 1.29 is 14.3 Å². The second-order valence-electron chi connectivity index (χ2n) is 4.65. The van der Waals surface area contributed by atoms with Crippen LogP contribution in [0, 0.1) is 6.92 Å². The molecule has 0 radical (unpaired) electrons. The van der Waals surface area contributed by atoms with Crippen molar-refractivity contribution in [3.05, 3.63) is 29.8 Å². The van der Waals surface area contributed by atoms with Crippen molar-refractivity contribution in [1.82, 2.24) is 0 Å². The summed E-state index contributed by atoms with van der Waals surface area (Å²) >= 11 is 0. The van der Waals surface area contributed by atoms with Crippen molar-refractivity contribution in [2.24, 2.45) is 0 Å². The van der Waals surface area contributed by atoms with Crippen molar-refractivity contribution in [3.8, 4) is 5.75 Å². The van der Waals surface area contributed by atoms with Crippen LogP contribution in [0.1, 0.15) is 44.6 Å².